The number of benzene rings is 2. The average molecular weight is 517 g/mol. The van der Waals surface area contributed by atoms with Crippen LogP contribution < -0.4 is 4.90 Å². The minimum atomic E-state index is -0.718. The highest BCUT2D eigenvalue weighted by Crippen LogP contribution is 2.37. The van der Waals surface area contributed by atoms with Crippen LogP contribution >= 0.6 is 0 Å². The fourth-order valence-electron chi connectivity index (χ4n) is 4.82. The Morgan fingerprint density at radius 1 is 0.711 bits per heavy atom. The van der Waals surface area contributed by atoms with Gasteiger partial charge in [0, 0.05) is 51.9 Å². The number of imide groups is 1. The van der Waals surface area contributed by atoms with Crippen LogP contribution in [-0.4, -0.2) is 70.8 Å². The van der Waals surface area contributed by atoms with Gasteiger partial charge in [-0.05, 0) is 29.7 Å². The SMILES string of the molecule is O=C(CCCC(=O)N1CCN(C(=O)N2c3ccccc3C=Cc3ccccc32)CC1)ON1C(=O)CCC1=O. The zero-order valence-corrected chi connectivity index (χ0v) is 20.9. The van der Waals surface area contributed by atoms with Crippen molar-refractivity contribution in [3.05, 3.63) is 59.7 Å². The van der Waals surface area contributed by atoms with Gasteiger partial charge in [0.15, 0.2) is 0 Å². The zero-order chi connectivity index (χ0) is 26.6. The van der Waals surface area contributed by atoms with Gasteiger partial charge < -0.3 is 14.6 Å². The number of fused-ring (bicyclic) bond motifs is 2. The molecule has 3 aliphatic rings. The Hall–Kier alpha value is -4.47. The summed E-state index contributed by atoms with van der Waals surface area (Å²) in [6.45, 7) is 1.56. The lowest BCUT2D eigenvalue weighted by atomic mass is 10.1. The van der Waals surface area contributed by atoms with Crippen molar-refractivity contribution in [3.8, 4) is 0 Å². The van der Waals surface area contributed by atoms with Crippen LogP contribution in [0.5, 0.6) is 0 Å². The molecule has 0 aromatic heterocycles. The van der Waals surface area contributed by atoms with Crippen LogP contribution in [-0.2, 0) is 24.0 Å². The maximum atomic E-state index is 13.8. The molecule has 3 aliphatic heterocycles. The van der Waals surface area contributed by atoms with Gasteiger partial charge in [-0.2, -0.15) is 0 Å². The van der Waals surface area contributed by atoms with Crippen LogP contribution in [0.25, 0.3) is 12.2 Å². The minimum Gasteiger partial charge on any atom is -0.339 e. The third kappa shape index (κ3) is 5.15. The highest BCUT2D eigenvalue weighted by molar-refractivity contribution is 6.05. The molecule has 2 aromatic rings. The van der Waals surface area contributed by atoms with E-state index in [1.165, 1.54) is 0 Å². The zero-order valence-electron chi connectivity index (χ0n) is 20.9. The summed E-state index contributed by atoms with van der Waals surface area (Å²) in [6.07, 6.45) is 4.37. The third-order valence-corrected chi connectivity index (χ3v) is 6.86. The molecule has 0 saturated carbocycles. The topological polar surface area (TPSA) is 108 Å². The number of hydrogen-bond acceptors (Lipinski definition) is 6. The summed E-state index contributed by atoms with van der Waals surface area (Å²) in [5, 5.41) is 0.511. The van der Waals surface area contributed by atoms with Crippen molar-refractivity contribution < 1.29 is 28.8 Å². The van der Waals surface area contributed by atoms with E-state index in [1.54, 1.807) is 14.7 Å². The van der Waals surface area contributed by atoms with Crippen LogP contribution in [0.2, 0.25) is 0 Å². The van der Waals surface area contributed by atoms with Gasteiger partial charge in [-0.3, -0.25) is 19.3 Å². The lowest BCUT2D eigenvalue weighted by Gasteiger charge is -2.38. The molecule has 2 saturated heterocycles. The number of piperazine rings is 1. The molecule has 0 unspecified atom stereocenters. The van der Waals surface area contributed by atoms with Gasteiger partial charge in [-0.25, -0.2) is 9.59 Å². The average Bonchev–Trinajstić information content (AvgIpc) is 3.15. The summed E-state index contributed by atoms with van der Waals surface area (Å²) in [6, 6.07) is 15.4. The van der Waals surface area contributed by atoms with E-state index in [0.29, 0.717) is 31.2 Å². The van der Waals surface area contributed by atoms with E-state index in [2.05, 4.69) is 0 Å². The number of hydroxylamine groups is 2. The largest absolute Gasteiger partial charge is 0.339 e. The summed E-state index contributed by atoms with van der Waals surface area (Å²) >= 11 is 0. The molecule has 0 spiro atoms. The number of nitrogens with zero attached hydrogens (tertiary/aromatic N) is 4. The summed E-state index contributed by atoms with van der Waals surface area (Å²) in [5.41, 5.74) is 3.51. The van der Waals surface area contributed by atoms with Gasteiger partial charge >= 0.3 is 12.0 Å². The molecular formula is C28H28N4O6. The Bertz CT molecular complexity index is 1250. The predicted molar refractivity (Wildman–Crippen MR) is 139 cm³/mol. The lowest BCUT2D eigenvalue weighted by molar-refractivity contribution is -0.197. The van der Waals surface area contributed by atoms with Crippen LogP contribution in [0.1, 0.15) is 43.2 Å². The van der Waals surface area contributed by atoms with Gasteiger partial charge in [-0.1, -0.05) is 48.6 Å². The summed E-state index contributed by atoms with van der Waals surface area (Å²) < 4.78 is 0. The molecule has 0 radical (unpaired) electrons. The van der Waals surface area contributed by atoms with Gasteiger partial charge in [0.05, 0.1) is 11.4 Å². The molecule has 38 heavy (non-hydrogen) atoms. The molecule has 3 heterocycles. The first-order valence-electron chi connectivity index (χ1n) is 12.7. The Morgan fingerprint density at radius 3 is 1.82 bits per heavy atom. The first kappa shape index (κ1) is 25.2. The van der Waals surface area contributed by atoms with Crippen molar-refractivity contribution in [2.24, 2.45) is 0 Å². The molecule has 5 amide bonds. The number of para-hydroxylation sites is 2. The molecule has 10 heteroatoms. The fraction of sp³-hybridized carbons (Fsp3) is 0.321. The van der Waals surface area contributed by atoms with Crippen molar-refractivity contribution in [3.63, 3.8) is 0 Å². The number of hydrogen-bond donors (Lipinski definition) is 0. The first-order valence-corrected chi connectivity index (χ1v) is 12.7. The first-order chi connectivity index (χ1) is 18.4. The number of carbonyl (C=O) groups is 5. The van der Waals surface area contributed by atoms with Crippen LogP contribution in [0.15, 0.2) is 48.5 Å². The molecule has 2 fully saturated rings. The number of anilines is 2. The van der Waals surface area contributed by atoms with Crippen LogP contribution in [0.4, 0.5) is 16.2 Å². The second-order valence-electron chi connectivity index (χ2n) is 9.34. The minimum absolute atomic E-state index is 0.0345. The second-order valence-corrected chi connectivity index (χ2v) is 9.34. The van der Waals surface area contributed by atoms with E-state index in [4.69, 9.17) is 4.84 Å². The molecule has 2 aromatic carbocycles. The maximum absolute atomic E-state index is 13.8. The predicted octanol–water partition coefficient (Wildman–Crippen LogP) is 3.35. The van der Waals surface area contributed by atoms with Crippen LogP contribution in [0.3, 0.4) is 0 Å². The third-order valence-electron chi connectivity index (χ3n) is 6.86. The molecule has 5 rings (SSSR count). The summed E-state index contributed by atoms with van der Waals surface area (Å²) in [4.78, 5) is 71.6. The van der Waals surface area contributed by atoms with Crippen LogP contribution in [0, 0.1) is 0 Å². The fourth-order valence-corrected chi connectivity index (χ4v) is 4.82. The molecule has 0 N–H and O–H groups in total. The number of amides is 5. The van der Waals surface area contributed by atoms with E-state index >= 15 is 0 Å². The monoisotopic (exact) mass is 516 g/mol. The Morgan fingerprint density at radius 2 is 1.24 bits per heavy atom. The highest BCUT2D eigenvalue weighted by atomic mass is 16.7. The highest BCUT2D eigenvalue weighted by Gasteiger charge is 2.33. The van der Waals surface area contributed by atoms with Crippen molar-refractivity contribution in [1.82, 2.24) is 14.9 Å². The molecule has 0 atom stereocenters. The van der Waals surface area contributed by atoms with Crippen molar-refractivity contribution >= 4 is 53.2 Å². The van der Waals surface area contributed by atoms with E-state index in [1.807, 2.05) is 60.7 Å². The van der Waals surface area contributed by atoms with E-state index in [0.717, 1.165) is 22.5 Å². The molecule has 0 bridgehead atoms. The second kappa shape index (κ2) is 10.9. The number of carbonyl (C=O) groups excluding carboxylic acids is 5. The van der Waals surface area contributed by atoms with Crippen molar-refractivity contribution in [2.75, 3.05) is 31.1 Å². The Kier molecular flexibility index (Phi) is 7.21. The summed E-state index contributed by atoms with van der Waals surface area (Å²) in [7, 11) is 0. The van der Waals surface area contributed by atoms with Gasteiger partial charge in [0.25, 0.3) is 11.8 Å². The van der Waals surface area contributed by atoms with Gasteiger partial charge in [0.2, 0.25) is 5.91 Å². The molecule has 196 valence electrons. The van der Waals surface area contributed by atoms with Crippen molar-refractivity contribution in [1.29, 1.82) is 0 Å². The maximum Gasteiger partial charge on any atom is 0.333 e. The normalized spacial score (nSPS) is 16.7. The molecular weight excluding hydrogens is 488 g/mol. The smallest absolute Gasteiger partial charge is 0.333 e. The van der Waals surface area contributed by atoms with Gasteiger partial charge in [0.1, 0.15) is 0 Å². The quantitative estimate of drug-likeness (QED) is 0.564. The lowest BCUT2D eigenvalue weighted by Crippen LogP contribution is -2.53. The van der Waals surface area contributed by atoms with Gasteiger partial charge in [-0.15, -0.1) is 5.06 Å². The Balaban J connectivity index is 1.15. The Labute approximate surface area is 220 Å². The standard InChI is InChI=1S/C28H28N4O6/c33-24(10-5-11-27(36)38-32-25(34)14-15-26(32)35)29-16-18-30(19-17-29)28(37)31-22-8-3-1-6-20(22)12-13-21-7-2-4-9-23(21)31/h1-4,6-9,12-13H,5,10-11,14-19H2. The van der Waals surface area contributed by atoms with E-state index in [9.17, 15) is 24.0 Å². The van der Waals surface area contributed by atoms with E-state index < -0.39 is 17.8 Å². The van der Waals surface area contributed by atoms with E-state index in [-0.39, 0.29) is 44.0 Å². The summed E-state index contributed by atoms with van der Waals surface area (Å²) in [5.74, 6) is -1.90. The number of rotatable bonds is 5. The van der Waals surface area contributed by atoms with Crippen molar-refractivity contribution in [2.45, 2.75) is 32.1 Å². The molecule has 10 nitrogen and oxygen atoms in total. The molecule has 0 aliphatic carbocycles. The number of urea groups is 1.